The van der Waals surface area contributed by atoms with Gasteiger partial charge in [0.2, 0.25) is 0 Å². The van der Waals surface area contributed by atoms with Gasteiger partial charge in [-0.25, -0.2) is 4.79 Å². The van der Waals surface area contributed by atoms with Crippen molar-refractivity contribution in [1.29, 1.82) is 0 Å². The van der Waals surface area contributed by atoms with Crippen LogP contribution in [0.15, 0.2) is 30.3 Å². The highest BCUT2D eigenvalue weighted by molar-refractivity contribution is 5.80. The molecule has 1 aromatic carbocycles. The van der Waals surface area contributed by atoms with Crippen LogP contribution in [0.1, 0.15) is 50.5 Å². The van der Waals surface area contributed by atoms with Crippen LogP contribution in [0.2, 0.25) is 0 Å². The number of ether oxygens (including phenoxy) is 2. The van der Waals surface area contributed by atoms with Crippen LogP contribution < -0.4 is 0 Å². The third-order valence-corrected chi connectivity index (χ3v) is 9.22. The molecule has 6 heteroatoms. The average Bonchev–Trinajstić information content (AvgIpc) is 3.31. The number of esters is 1. The van der Waals surface area contributed by atoms with E-state index in [1.165, 1.54) is 12.7 Å². The number of rotatable bonds is 6. The molecule has 0 radical (unpaired) electrons. The van der Waals surface area contributed by atoms with E-state index in [0.717, 1.165) is 58.0 Å². The summed E-state index contributed by atoms with van der Waals surface area (Å²) in [5.41, 5.74) is 0.682. The van der Waals surface area contributed by atoms with Crippen LogP contribution in [0.4, 0.5) is 4.79 Å². The van der Waals surface area contributed by atoms with E-state index in [2.05, 4.69) is 21.9 Å². The van der Waals surface area contributed by atoms with Gasteiger partial charge in [0.25, 0.3) is 0 Å². The van der Waals surface area contributed by atoms with E-state index in [0.29, 0.717) is 31.0 Å². The van der Waals surface area contributed by atoms with Crippen LogP contribution in [0.25, 0.3) is 0 Å². The number of hydrogen-bond acceptors (Lipinski definition) is 4. The Hall–Kier alpha value is -2.08. The molecule has 4 bridgehead atoms. The summed E-state index contributed by atoms with van der Waals surface area (Å²) in [6, 6.07) is 10.7. The third kappa shape index (κ3) is 3.01. The second-order valence-electron chi connectivity index (χ2n) is 11.1. The lowest BCUT2D eigenvalue weighted by Crippen LogP contribution is -2.61. The van der Waals surface area contributed by atoms with Gasteiger partial charge < -0.3 is 19.3 Å². The molecule has 0 spiro atoms. The summed E-state index contributed by atoms with van der Waals surface area (Å²) in [6.07, 6.45) is 7.14. The monoisotopic (exact) mass is 438 g/mol. The van der Waals surface area contributed by atoms with Crippen molar-refractivity contribution >= 4 is 12.0 Å². The Morgan fingerprint density at radius 2 is 1.88 bits per heavy atom. The van der Waals surface area contributed by atoms with E-state index in [1.54, 1.807) is 0 Å². The van der Waals surface area contributed by atoms with Gasteiger partial charge in [-0.1, -0.05) is 30.3 Å². The molecule has 6 aliphatic rings. The highest BCUT2D eigenvalue weighted by Gasteiger charge is 2.63. The van der Waals surface area contributed by atoms with E-state index >= 15 is 0 Å². The molecule has 32 heavy (non-hydrogen) atoms. The quantitative estimate of drug-likeness (QED) is 0.633. The van der Waals surface area contributed by atoms with Gasteiger partial charge >= 0.3 is 12.0 Å². The molecule has 4 saturated carbocycles. The number of nitrogens with zero attached hydrogens (tertiary/aromatic N) is 2. The molecule has 0 N–H and O–H groups in total. The standard InChI is InChI=1S/C26H34N2O4/c1-31-23(29)25-12-19-10-20(13-25)22(21(11-19)14-25)27-16-26(8-5-9-28(26)24(27)30)17-32-15-18-6-3-2-4-7-18/h2-4,6-7,19-22H,5,8-17H2,1H3. The summed E-state index contributed by atoms with van der Waals surface area (Å²) >= 11 is 0. The van der Waals surface area contributed by atoms with Crippen LogP contribution in [-0.4, -0.2) is 60.2 Å². The largest absolute Gasteiger partial charge is 0.469 e. The predicted molar refractivity (Wildman–Crippen MR) is 119 cm³/mol. The molecule has 3 atom stereocenters. The summed E-state index contributed by atoms with van der Waals surface area (Å²) in [4.78, 5) is 30.6. The number of amides is 2. The fourth-order valence-corrected chi connectivity index (χ4v) is 8.28. The van der Waals surface area contributed by atoms with Crippen molar-refractivity contribution in [3.8, 4) is 0 Å². The second-order valence-corrected chi connectivity index (χ2v) is 11.1. The summed E-state index contributed by atoms with van der Waals surface area (Å²) in [7, 11) is 1.52. The molecule has 1 aromatic rings. The minimum absolute atomic E-state index is 0.0190. The second kappa shape index (κ2) is 7.47. The first kappa shape index (κ1) is 20.5. The van der Waals surface area contributed by atoms with Crippen molar-refractivity contribution in [1.82, 2.24) is 9.80 Å². The van der Waals surface area contributed by atoms with E-state index in [-0.39, 0.29) is 29.0 Å². The van der Waals surface area contributed by atoms with Crippen LogP contribution in [0.5, 0.6) is 0 Å². The van der Waals surface area contributed by atoms with Gasteiger partial charge in [-0.05, 0) is 68.3 Å². The molecule has 7 rings (SSSR count). The first-order valence-electron chi connectivity index (χ1n) is 12.3. The van der Waals surface area contributed by atoms with Crippen LogP contribution >= 0.6 is 0 Å². The maximum atomic E-state index is 13.6. The summed E-state index contributed by atoms with van der Waals surface area (Å²) in [5, 5.41) is 0. The molecule has 4 aliphatic carbocycles. The zero-order valence-corrected chi connectivity index (χ0v) is 19.0. The summed E-state index contributed by atoms with van der Waals surface area (Å²) < 4.78 is 11.4. The Balaban J connectivity index is 1.19. The van der Waals surface area contributed by atoms with Crippen LogP contribution in [0.3, 0.4) is 0 Å². The van der Waals surface area contributed by atoms with Gasteiger partial charge in [0.1, 0.15) is 0 Å². The fraction of sp³-hybridized carbons (Fsp3) is 0.692. The Labute approximate surface area is 190 Å². The lowest BCUT2D eigenvalue weighted by Gasteiger charge is -2.60. The van der Waals surface area contributed by atoms with Gasteiger partial charge in [0.05, 0.1) is 31.3 Å². The van der Waals surface area contributed by atoms with Gasteiger partial charge in [0, 0.05) is 19.1 Å². The molecule has 0 aromatic heterocycles. The Kier molecular flexibility index (Phi) is 4.79. The van der Waals surface area contributed by atoms with Crippen molar-refractivity contribution < 1.29 is 19.1 Å². The average molecular weight is 439 g/mol. The third-order valence-electron chi connectivity index (χ3n) is 9.22. The summed E-state index contributed by atoms with van der Waals surface area (Å²) in [6.45, 7) is 2.79. The first-order chi connectivity index (χ1) is 15.5. The van der Waals surface area contributed by atoms with E-state index in [4.69, 9.17) is 9.47 Å². The molecule has 6 nitrogen and oxygen atoms in total. The first-order valence-corrected chi connectivity index (χ1v) is 12.3. The molecular weight excluding hydrogens is 404 g/mol. The molecule has 6 fully saturated rings. The van der Waals surface area contributed by atoms with Gasteiger partial charge in [0.15, 0.2) is 0 Å². The van der Waals surface area contributed by atoms with Crippen molar-refractivity contribution in [2.45, 2.75) is 63.1 Å². The normalized spacial score (nSPS) is 39.6. The minimum atomic E-state index is -0.294. The molecule has 2 amide bonds. The number of urea groups is 1. The highest BCUT2D eigenvalue weighted by atomic mass is 16.5. The number of methoxy groups -OCH3 is 1. The number of benzene rings is 1. The number of hydrogen-bond donors (Lipinski definition) is 0. The van der Waals surface area contributed by atoms with E-state index in [1.807, 2.05) is 18.2 Å². The highest BCUT2D eigenvalue weighted by Crippen LogP contribution is 2.62. The topological polar surface area (TPSA) is 59.1 Å². The SMILES string of the molecule is COC(=O)C12CC3CC(C1)C(N1CC4(COCc5ccccc5)CCCN4C1=O)C(C3)C2. The molecule has 2 heterocycles. The van der Waals surface area contributed by atoms with Crippen molar-refractivity contribution in [3.63, 3.8) is 0 Å². The van der Waals surface area contributed by atoms with Crippen LogP contribution in [0, 0.1) is 23.2 Å². The van der Waals surface area contributed by atoms with Gasteiger partial charge in [-0.15, -0.1) is 0 Å². The lowest BCUT2D eigenvalue weighted by molar-refractivity contribution is -0.174. The number of fused-ring (bicyclic) bond motifs is 1. The maximum Gasteiger partial charge on any atom is 0.320 e. The summed E-state index contributed by atoms with van der Waals surface area (Å²) in [5.74, 6) is 1.44. The van der Waals surface area contributed by atoms with Crippen LogP contribution in [-0.2, 0) is 20.9 Å². The molecule has 3 unspecified atom stereocenters. The zero-order chi connectivity index (χ0) is 21.9. The van der Waals surface area contributed by atoms with Crippen molar-refractivity contribution in [2.24, 2.45) is 23.2 Å². The fourth-order valence-electron chi connectivity index (χ4n) is 8.28. The maximum absolute atomic E-state index is 13.6. The number of carbonyl (C=O) groups excluding carboxylic acids is 2. The van der Waals surface area contributed by atoms with Gasteiger partial charge in [-0.2, -0.15) is 0 Å². The lowest BCUT2D eigenvalue weighted by atomic mass is 9.47. The number of carbonyl (C=O) groups is 2. The Bertz CT molecular complexity index is 888. The Morgan fingerprint density at radius 1 is 1.12 bits per heavy atom. The molecule has 172 valence electrons. The van der Waals surface area contributed by atoms with Gasteiger partial charge in [-0.3, -0.25) is 4.79 Å². The predicted octanol–water partition coefficient (Wildman–Crippen LogP) is 3.84. The molecule has 2 aliphatic heterocycles. The zero-order valence-electron chi connectivity index (χ0n) is 19.0. The minimum Gasteiger partial charge on any atom is -0.469 e. The van der Waals surface area contributed by atoms with E-state index in [9.17, 15) is 9.59 Å². The molecular formula is C26H34N2O4. The molecule has 2 saturated heterocycles. The van der Waals surface area contributed by atoms with E-state index < -0.39 is 0 Å². The Morgan fingerprint density at radius 3 is 2.59 bits per heavy atom. The van der Waals surface area contributed by atoms with Crippen molar-refractivity contribution in [3.05, 3.63) is 35.9 Å². The smallest absolute Gasteiger partial charge is 0.320 e. The van der Waals surface area contributed by atoms with Crippen molar-refractivity contribution in [2.75, 3.05) is 26.8 Å².